The molecular weight excluding hydrogens is 235 g/mol. The maximum Gasteiger partial charge on any atom is 0.353 e. The molecule has 0 radical (unpaired) electrons. The van der Waals surface area contributed by atoms with Gasteiger partial charge in [0, 0.05) is 31.9 Å². The van der Waals surface area contributed by atoms with Crippen molar-refractivity contribution in [1.82, 2.24) is 4.90 Å². The third kappa shape index (κ3) is 2.79. The molecule has 5 heteroatoms. The van der Waals surface area contributed by atoms with Crippen LogP contribution < -0.4 is 4.90 Å². The van der Waals surface area contributed by atoms with Gasteiger partial charge in [0.2, 0.25) is 0 Å². The number of benzene rings is 1. The van der Waals surface area contributed by atoms with Crippen LogP contribution >= 0.6 is 0 Å². The second-order valence-corrected chi connectivity index (χ2v) is 4.54. The highest BCUT2D eigenvalue weighted by atomic mass is 19.1. The first-order valence-electron chi connectivity index (χ1n) is 6.00. The van der Waals surface area contributed by atoms with Crippen molar-refractivity contribution in [3.8, 4) is 0 Å². The van der Waals surface area contributed by atoms with E-state index in [0.717, 1.165) is 5.69 Å². The summed E-state index contributed by atoms with van der Waals surface area (Å²) in [6.45, 7) is 4.19. The first-order valence-corrected chi connectivity index (χ1v) is 6.00. The first kappa shape index (κ1) is 12.8. The highest BCUT2D eigenvalue weighted by Gasteiger charge is 2.28. The molecule has 1 aliphatic rings. The van der Waals surface area contributed by atoms with E-state index >= 15 is 0 Å². The summed E-state index contributed by atoms with van der Waals surface area (Å²) in [5, 5.41) is 8.62. The number of hydrogen-bond acceptors (Lipinski definition) is 3. The van der Waals surface area contributed by atoms with Gasteiger partial charge in [0.05, 0.1) is 0 Å². The van der Waals surface area contributed by atoms with Gasteiger partial charge in [-0.3, -0.25) is 4.90 Å². The summed E-state index contributed by atoms with van der Waals surface area (Å²) in [5.41, 5.74) is 2.30. The molecule has 1 aromatic carbocycles. The molecule has 0 saturated carbocycles. The zero-order chi connectivity index (χ0) is 13.1. The van der Waals surface area contributed by atoms with Crippen molar-refractivity contribution in [3.05, 3.63) is 29.8 Å². The summed E-state index contributed by atoms with van der Waals surface area (Å²) in [6.07, 6.45) is -1.88. The molecule has 0 amide bonds. The van der Waals surface area contributed by atoms with Gasteiger partial charge in [0.15, 0.2) is 0 Å². The minimum absolute atomic E-state index is 0.432. The SMILES string of the molecule is Cc1cccc(N2CCN(C(F)C(=O)O)CC2)c1. The molecule has 0 aliphatic carbocycles. The van der Waals surface area contributed by atoms with Crippen molar-refractivity contribution in [2.45, 2.75) is 13.2 Å². The Labute approximate surface area is 106 Å². The number of aliphatic carboxylic acids is 1. The molecular formula is C13H17FN2O2. The van der Waals surface area contributed by atoms with Crippen molar-refractivity contribution in [2.24, 2.45) is 0 Å². The average Bonchev–Trinajstić information content (AvgIpc) is 2.38. The zero-order valence-electron chi connectivity index (χ0n) is 10.3. The van der Waals surface area contributed by atoms with E-state index in [1.54, 1.807) is 0 Å². The number of hydrogen-bond donors (Lipinski definition) is 1. The predicted octanol–water partition coefficient (Wildman–Crippen LogP) is 1.50. The van der Waals surface area contributed by atoms with Gasteiger partial charge in [0.25, 0.3) is 6.30 Å². The van der Waals surface area contributed by atoms with Gasteiger partial charge >= 0.3 is 5.97 Å². The number of anilines is 1. The summed E-state index contributed by atoms with van der Waals surface area (Å²) < 4.78 is 13.3. The molecule has 1 aromatic rings. The van der Waals surface area contributed by atoms with Crippen LogP contribution in [0.1, 0.15) is 5.56 Å². The fraction of sp³-hybridized carbons (Fsp3) is 0.462. The number of carboxylic acids is 1. The third-order valence-electron chi connectivity index (χ3n) is 3.21. The molecule has 18 heavy (non-hydrogen) atoms. The number of carbonyl (C=O) groups is 1. The number of rotatable bonds is 3. The molecule has 98 valence electrons. The summed E-state index contributed by atoms with van der Waals surface area (Å²) in [7, 11) is 0. The molecule has 2 rings (SSSR count). The van der Waals surface area contributed by atoms with Crippen LogP contribution in [0.2, 0.25) is 0 Å². The highest BCUT2D eigenvalue weighted by Crippen LogP contribution is 2.18. The van der Waals surface area contributed by atoms with Crippen LogP contribution in [0.4, 0.5) is 10.1 Å². The van der Waals surface area contributed by atoms with E-state index in [4.69, 9.17) is 5.11 Å². The Morgan fingerprint density at radius 2 is 2.00 bits per heavy atom. The fourth-order valence-corrected chi connectivity index (χ4v) is 2.19. The lowest BCUT2D eigenvalue weighted by Crippen LogP contribution is -2.51. The number of carboxylic acid groups (broad SMARTS) is 1. The summed E-state index contributed by atoms with van der Waals surface area (Å²) in [4.78, 5) is 14.1. The Hall–Kier alpha value is -1.62. The van der Waals surface area contributed by atoms with Crippen molar-refractivity contribution in [2.75, 3.05) is 31.1 Å². The Balaban J connectivity index is 1.96. The van der Waals surface area contributed by atoms with Crippen LogP contribution in [-0.4, -0.2) is 48.5 Å². The molecule has 1 heterocycles. The maximum atomic E-state index is 13.3. The van der Waals surface area contributed by atoms with E-state index in [1.807, 2.05) is 25.1 Å². The van der Waals surface area contributed by atoms with Crippen LogP contribution in [0.15, 0.2) is 24.3 Å². The lowest BCUT2D eigenvalue weighted by atomic mass is 10.2. The smallest absolute Gasteiger partial charge is 0.353 e. The Kier molecular flexibility index (Phi) is 3.81. The predicted molar refractivity (Wildman–Crippen MR) is 67.5 cm³/mol. The van der Waals surface area contributed by atoms with Gasteiger partial charge in [-0.15, -0.1) is 0 Å². The maximum absolute atomic E-state index is 13.3. The van der Waals surface area contributed by atoms with E-state index in [0.29, 0.717) is 26.2 Å². The summed E-state index contributed by atoms with van der Waals surface area (Å²) >= 11 is 0. The Morgan fingerprint density at radius 3 is 2.56 bits per heavy atom. The molecule has 1 aliphatic heterocycles. The van der Waals surface area contributed by atoms with Gasteiger partial charge in [-0.2, -0.15) is 0 Å². The Bertz CT molecular complexity index is 431. The van der Waals surface area contributed by atoms with E-state index in [-0.39, 0.29) is 0 Å². The minimum Gasteiger partial charge on any atom is -0.478 e. The summed E-state index contributed by atoms with van der Waals surface area (Å²) in [5.74, 6) is -1.40. The van der Waals surface area contributed by atoms with Crippen molar-refractivity contribution >= 4 is 11.7 Å². The van der Waals surface area contributed by atoms with Crippen LogP contribution in [0.3, 0.4) is 0 Å². The van der Waals surface area contributed by atoms with Gasteiger partial charge in [-0.1, -0.05) is 12.1 Å². The number of nitrogens with zero attached hydrogens (tertiary/aromatic N) is 2. The van der Waals surface area contributed by atoms with Gasteiger partial charge < -0.3 is 10.0 Å². The monoisotopic (exact) mass is 252 g/mol. The lowest BCUT2D eigenvalue weighted by Gasteiger charge is -2.36. The van der Waals surface area contributed by atoms with Gasteiger partial charge in [-0.05, 0) is 24.6 Å². The topological polar surface area (TPSA) is 43.8 Å². The van der Waals surface area contributed by atoms with E-state index in [1.165, 1.54) is 10.5 Å². The highest BCUT2D eigenvalue weighted by molar-refractivity contribution is 5.71. The second-order valence-electron chi connectivity index (χ2n) is 4.54. The van der Waals surface area contributed by atoms with E-state index in [9.17, 15) is 9.18 Å². The second kappa shape index (κ2) is 5.35. The summed E-state index contributed by atoms with van der Waals surface area (Å²) in [6, 6.07) is 8.13. The quantitative estimate of drug-likeness (QED) is 0.828. The molecule has 1 unspecified atom stereocenters. The fourth-order valence-electron chi connectivity index (χ4n) is 2.19. The van der Waals surface area contributed by atoms with Crippen LogP contribution in [0.25, 0.3) is 0 Å². The molecule has 0 bridgehead atoms. The number of halogens is 1. The first-order chi connectivity index (χ1) is 8.58. The third-order valence-corrected chi connectivity index (χ3v) is 3.21. The minimum atomic E-state index is -1.88. The van der Waals surface area contributed by atoms with E-state index < -0.39 is 12.3 Å². The van der Waals surface area contributed by atoms with Gasteiger partial charge in [0.1, 0.15) is 0 Å². The molecule has 1 saturated heterocycles. The number of aryl methyl sites for hydroxylation is 1. The van der Waals surface area contributed by atoms with Crippen LogP contribution in [0.5, 0.6) is 0 Å². The molecule has 1 N–H and O–H groups in total. The van der Waals surface area contributed by atoms with Crippen molar-refractivity contribution < 1.29 is 14.3 Å². The lowest BCUT2D eigenvalue weighted by molar-refractivity contribution is -0.150. The molecule has 1 fully saturated rings. The Morgan fingerprint density at radius 1 is 1.33 bits per heavy atom. The number of piperazine rings is 1. The largest absolute Gasteiger partial charge is 0.478 e. The standard InChI is InChI=1S/C13H17FN2O2/c1-10-3-2-4-11(9-10)15-5-7-16(8-6-15)12(14)13(17)18/h2-4,9,12H,5-8H2,1H3,(H,17,18). The zero-order valence-corrected chi connectivity index (χ0v) is 10.3. The van der Waals surface area contributed by atoms with Crippen molar-refractivity contribution in [3.63, 3.8) is 0 Å². The molecule has 1 atom stereocenters. The number of alkyl halides is 1. The van der Waals surface area contributed by atoms with Gasteiger partial charge in [-0.25, -0.2) is 9.18 Å². The average molecular weight is 252 g/mol. The normalized spacial score (nSPS) is 18.7. The van der Waals surface area contributed by atoms with Crippen LogP contribution in [-0.2, 0) is 4.79 Å². The molecule has 0 spiro atoms. The molecule has 4 nitrogen and oxygen atoms in total. The van der Waals surface area contributed by atoms with E-state index in [2.05, 4.69) is 11.0 Å². The molecule has 0 aromatic heterocycles. The van der Waals surface area contributed by atoms with Crippen LogP contribution in [0, 0.1) is 6.92 Å². The van der Waals surface area contributed by atoms with Crippen molar-refractivity contribution in [1.29, 1.82) is 0 Å².